The minimum Gasteiger partial charge on any atom is -0.352 e. The molecule has 2 unspecified atom stereocenters. The van der Waals surface area contributed by atoms with E-state index in [9.17, 15) is 0 Å². The van der Waals surface area contributed by atoms with Gasteiger partial charge < -0.3 is 10.6 Å². The number of hydrogen-bond donors (Lipinski definition) is 1. The lowest BCUT2D eigenvalue weighted by molar-refractivity contribution is 0.517. The van der Waals surface area contributed by atoms with Crippen molar-refractivity contribution < 1.29 is 0 Å². The van der Waals surface area contributed by atoms with Crippen LogP contribution in [0.15, 0.2) is 17.4 Å². The van der Waals surface area contributed by atoms with Crippen molar-refractivity contribution in [1.82, 2.24) is 9.97 Å². The molecule has 0 aromatic carbocycles. The third-order valence-corrected chi connectivity index (χ3v) is 3.90. The van der Waals surface area contributed by atoms with Gasteiger partial charge in [0.25, 0.3) is 0 Å². The predicted molar refractivity (Wildman–Crippen MR) is 67.8 cm³/mol. The van der Waals surface area contributed by atoms with Gasteiger partial charge in [0.15, 0.2) is 0 Å². The van der Waals surface area contributed by atoms with Crippen LogP contribution in [0.5, 0.6) is 0 Å². The lowest BCUT2D eigenvalue weighted by Crippen LogP contribution is -2.38. The Balaban J connectivity index is 2.22. The molecule has 1 aromatic heterocycles. The Morgan fingerprint density at radius 3 is 3.06 bits per heavy atom. The molecule has 4 nitrogen and oxygen atoms in total. The van der Waals surface area contributed by atoms with E-state index < -0.39 is 0 Å². The standard InChI is InChI=1S/C11H18N4S/c1-8-3-4-15(9(8)6-12)10-5-11(16-2)14-7-13-10/h5,7-9H,3-4,6,12H2,1-2H3. The fourth-order valence-corrected chi connectivity index (χ4v) is 2.63. The topological polar surface area (TPSA) is 55.0 Å². The average Bonchev–Trinajstić information content (AvgIpc) is 2.70. The maximum Gasteiger partial charge on any atom is 0.133 e. The van der Waals surface area contributed by atoms with Gasteiger partial charge >= 0.3 is 0 Å². The Morgan fingerprint density at radius 1 is 1.56 bits per heavy atom. The number of thioether (sulfide) groups is 1. The van der Waals surface area contributed by atoms with Crippen LogP contribution >= 0.6 is 11.8 Å². The molecule has 16 heavy (non-hydrogen) atoms. The second-order valence-electron chi connectivity index (χ2n) is 4.18. The maximum atomic E-state index is 5.83. The molecule has 0 bridgehead atoms. The van der Waals surface area contributed by atoms with Crippen molar-refractivity contribution in [3.63, 3.8) is 0 Å². The third-order valence-electron chi connectivity index (χ3n) is 3.25. The number of aromatic nitrogens is 2. The van der Waals surface area contributed by atoms with Crippen molar-refractivity contribution in [3.05, 3.63) is 12.4 Å². The second-order valence-corrected chi connectivity index (χ2v) is 5.01. The normalized spacial score (nSPS) is 25.1. The fourth-order valence-electron chi connectivity index (χ4n) is 2.25. The highest BCUT2D eigenvalue weighted by Gasteiger charge is 2.30. The molecular formula is C11H18N4S. The van der Waals surface area contributed by atoms with Crippen LogP contribution in [0, 0.1) is 5.92 Å². The molecule has 1 aliphatic rings. The first-order chi connectivity index (χ1) is 7.76. The van der Waals surface area contributed by atoms with Crippen LogP contribution in [-0.4, -0.2) is 35.4 Å². The third kappa shape index (κ3) is 2.15. The monoisotopic (exact) mass is 238 g/mol. The second kappa shape index (κ2) is 5.01. The Hall–Kier alpha value is -0.810. The molecule has 0 radical (unpaired) electrons. The molecule has 0 saturated carbocycles. The lowest BCUT2D eigenvalue weighted by Gasteiger charge is -2.26. The van der Waals surface area contributed by atoms with E-state index in [1.54, 1.807) is 18.1 Å². The Kier molecular flexibility index (Phi) is 3.66. The zero-order chi connectivity index (χ0) is 11.5. The highest BCUT2D eigenvalue weighted by Crippen LogP contribution is 2.28. The summed E-state index contributed by atoms with van der Waals surface area (Å²) >= 11 is 1.64. The van der Waals surface area contributed by atoms with Crippen molar-refractivity contribution >= 4 is 17.6 Å². The number of anilines is 1. The number of nitrogens with zero attached hydrogens (tertiary/aromatic N) is 3. The van der Waals surface area contributed by atoms with Gasteiger partial charge in [0, 0.05) is 25.2 Å². The first-order valence-corrected chi connectivity index (χ1v) is 6.81. The van der Waals surface area contributed by atoms with Gasteiger partial charge in [-0.05, 0) is 18.6 Å². The van der Waals surface area contributed by atoms with Crippen LogP contribution in [0.25, 0.3) is 0 Å². The smallest absolute Gasteiger partial charge is 0.133 e. The molecule has 0 spiro atoms. The molecule has 5 heteroatoms. The minimum atomic E-state index is 0.421. The van der Waals surface area contributed by atoms with Crippen molar-refractivity contribution in [1.29, 1.82) is 0 Å². The van der Waals surface area contributed by atoms with Crippen LogP contribution in [0.2, 0.25) is 0 Å². The van der Waals surface area contributed by atoms with Crippen molar-refractivity contribution in [2.45, 2.75) is 24.4 Å². The zero-order valence-electron chi connectivity index (χ0n) is 9.76. The lowest BCUT2D eigenvalue weighted by atomic mass is 10.0. The molecule has 0 amide bonds. The molecule has 2 atom stereocenters. The van der Waals surface area contributed by atoms with Gasteiger partial charge in [0.2, 0.25) is 0 Å². The van der Waals surface area contributed by atoms with Crippen LogP contribution < -0.4 is 10.6 Å². The molecule has 2 heterocycles. The molecule has 1 aliphatic heterocycles. The first kappa shape index (κ1) is 11.7. The molecule has 1 saturated heterocycles. The van der Waals surface area contributed by atoms with Gasteiger partial charge in [-0.1, -0.05) is 6.92 Å². The van der Waals surface area contributed by atoms with E-state index >= 15 is 0 Å². The summed E-state index contributed by atoms with van der Waals surface area (Å²) in [6.07, 6.45) is 4.86. The van der Waals surface area contributed by atoms with Gasteiger partial charge in [-0.25, -0.2) is 9.97 Å². The van der Waals surface area contributed by atoms with Gasteiger partial charge in [0.1, 0.15) is 17.2 Å². The van der Waals surface area contributed by atoms with Crippen LogP contribution in [0.1, 0.15) is 13.3 Å². The molecule has 88 valence electrons. The number of hydrogen-bond acceptors (Lipinski definition) is 5. The van der Waals surface area contributed by atoms with Gasteiger partial charge in [-0.2, -0.15) is 0 Å². The minimum absolute atomic E-state index is 0.421. The Labute approximate surface area is 101 Å². The van der Waals surface area contributed by atoms with Crippen molar-refractivity contribution in [3.8, 4) is 0 Å². The van der Waals surface area contributed by atoms with E-state index in [4.69, 9.17) is 5.73 Å². The highest BCUT2D eigenvalue weighted by atomic mass is 32.2. The van der Waals surface area contributed by atoms with Crippen LogP contribution in [-0.2, 0) is 0 Å². The van der Waals surface area contributed by atoms with E-state index in [0.29, 0.717) is 18.5 Å². The first-order valence-electron chi connectivity index (χ1n) is 5.59. The molecular weight excluding hydrogens is 220 g/mol. The van der Waals surface area contributed by atoms with Gasteiger partial charge in [0.05, 0.1) is 0 Å². The number of nitrogens with two attached hydrogens (primary N) is 1. The highest BCUT2D eigenvalue weighted by molar-refractivity contribution is 7.98. The summed E-state index contributed by atoms with van der Waals surface area (Å²) in [5, 5.41) is 1.01. The summed E-state index contributed by atoms with van der Waals surface area (Å²) in [5.74, 6) is 1.66. The van der Waals surface area contributed by atoms with Gasteiger partial charge in [-0.15, -0.1) is 11.8 Å². The molecule has 0 aliphatic carbocycles. The van der Waals surface area contributed by atoms with Crippen LogP contribution in [0.3, 0.4) is 0 Å². The quantitative estimate of drug-likeness (QED) is 0.637. The van der Waals surface area contributed by atoms with E-state index in [2.05, 4.69) is 21.8 Å². The molecule has 1 fully saturated rings. The molecule has 1 aromatic rings. The average molecular weight is 238 g/mol. The number of rotatable bonds is 3. The Morgan fingerprint density at radius 2 is 2.38 bits per heavy atom. The fraction of sp³-hybridized carbons (Fsp3) is 0.636. The Bertz CT molecular complexity index is 358. The summed E-state index contributed by atoms with van der Waals surface area (Å²) in [5.41, 5.74) is 5.83. The maximum absolute atomic E-state index is 5.83. The predicted octanol–water partition coefficient (Wildman–Crippen LogP) is 1.37. The molecule has 2 rings (SSSR count). The van der Waals surface area contributed by atoms with Crippen molar-refractivity contribution in [2.24, 2.45) is 11.7 Å². The van der Waals surface area contributed by atoms with E-state index in [1.165, 1.54) is 6.42 Å². The summed E-state index contributed by atoms with van der Waals surface area (Å²) in [7, 11) is 0. The van der Waals surface area contributed by atoms with E-state index in [1.807, 2.05) is 12.3 Å². The van der Waals surface area contributed by atoms with Crippen molar-refractivity contribution in [2.75, 3.05) is 24.2 Å². The van der Waals surface area contributed by atoms with Gasteiger partial charge in [-0.3, -0.25) is 0 Å². The molecule has 2 N–H and O–H groups in total. The van der Waals surface area contributed by atoms with E-state index in [-0.39, 0.29) is 0 Å². The van der Waals surface area contributed by atoms with Crippen LogP contribution in [0.4, 0.5) is 5.82 Å². The summed E-state index contributed by atoms with van der Waals surface area (Å²) in [6, 6.07) is 2.47. The summed E-state index contributed by atoms with van der Waals surface area (Å²) < 4.78 is 0. The van der Waals surface area contributed by atoms with E-state index in [0.717, 1.165) is 17.4 Å². The summed E-state index contributed by atoms with van der Waals surface area (Å²) in [4.78, 5) is 10.9. The summed E-state index contributed by atoms with van der Waals surface area (Å²) in [6.45, 7) is 4.00. The largest absolute Gasteiger partial charge is 0.352 e. The zero-order valence-corrected chi connectivity index (χ0v) is 10.6. The SMILES string of the molecule is CSc1cc(N2CCC(C)C2CN)ncn1.